The first kappa shape index (κ1) is 16.4. The van der Waals surface area contributed by atoms with Gasteiger partial charge in [0.15, 0.2) is 0 Å². The van der Waals surface area contributed by atoms with Gasteiger partial charge in [0.1, 0.15) is 5.54 Å². The third-order valence-corrected chi connectivity index (χ3v) is 2.73. The van der Waals surface area contributed by atoms with Crippen molar-refractivity contribution in [1.29, 1.82) is 0 Å². The van der Waals surface area contributed by atoms with E-state index in [1.165, 1.54) is 0 Å². The van der Waals surface area contributed by atoms with E-state index in [0.29, 0.717) is 38.7 Å². The van der Waals surface area contributed by atoms with Crippen LogP contribution in [0.4, 0.5) is 0 Å². The highest BCUT2D eigenvalue weighted by atomic mass is 16.5. The third-order valence-electron chi connectivity index (χ3n) is 2.73. The van der Waals surface area contributed by atoms with E-state index < -0.39 is 18.6 Å². The Morgan fingerprint density at radius 2 is 1.88 bits per heavy atom. The largest absolute Gasteiger partial charge is 0.480 e. The lowest BCUT2D eigenvalue weighted by atomic mass is 9.81. The highest BCUT2D eigenvalue weighted by Crippen LogP contribution is 2.19. The zero-order valence-corrected chi connectivity index (χ0v) is 10.3. The van der Waals surface area contributed by atoms with Crippen LogP contribution in [0.15, 0.2) is 0 Å². The lowest BCUT2D eigenvalue weighted by molar-refractivity contribution is -0.144. The van der Waals surface area contributed by atoms with Crippen molar-refractivity contribution in [2.24, 2.45) is 5.73 Å². The standard InChI is InChI=1S/C10H22BNO5/c1-17-8-4-6-10(12,9(13)14)5-2-3-7-11(15)16/h15-16H,2-8,12H2,1H3,(H,13,14)/t10-/m1/s1. The molecule has 6 nitrogen and oxygen atoms in total. The molecule has 0 aliphatic rings. The topological polar surface area (TPSA) is 113 Å². The van der Waals surface area contributed by atoms with Gasteiger partial charge >= 0.3 is 13.1 Å². The first-order chi connectivity index (χ1) is 7.92. The van der Waals surface area contributed by atoms with Crippen LogP contribution in [0.5, 0.6) is 0 Å². The molecule has 0 saturated heterocycles. The Balaban J connectivity index is 3.99. The molecule has 0 bridgehead atoms. The molecule has 100 valence electrons. The molecule has 0 aliphatic heterocycles. The van der Waals surface area contributed by atoms with E-state index in [-0.39, 0.29) is 6.32 Å². The lowest BCUT2D eigenvalue weighted by Gasteiger charge is -2.24. The Hall–Kier alpha value is -0.625. The van der Waals surface area contributed by atoms with Crippen molar-refractivity contribution in [2.75, 3.05) is 13.7 Å². The smallest absolute Gasteiger partial charge is 0.451 e. The maximum atomic E-state index is 11.1. The monoisotopic (exact) mass is 247 g/mol. The van der Waals surface area contributed by atoms with Crippen LogP contribution in [0.1, 0.15) is 32.1 Å². The van der Waals surface area contributed by atoms with Gasteiger partial charge in [-0.05, 0) is 25.6 Å². The fourth-order valence-corrected chi connectivity index (χ4v) is 1.64. The summed E-state index contributed by atoms with van der Waals surface area (Å²) in [5.41, 5.74) is 4.58. The van der Waals surface area contributed by atoms with E-state index in [2.05, 4.69) is 0 Å². The van der Waals surface area contributed by atoms with Gasteiger partial charge in [-0.25, -0.2) is 0 Å². The number of carboxylic acid groups (broad SMARTS) is 1. The van der Waals surface area contributed by atoms with Crippen molar-refractivity contribution in [3.8, 4) is 0 Å². The van der Waals surface area contributed by atoms with E-state index in [4.69, 9.17) is 25.6 Å². The number of carbonyl (C=O) groups is 1. The molecule has 1 atom stereocenters. The van der Waals surface area contributed by atoms with Gasteiger partial charge in [0, 0.05) is 13.7 Å². The molecule has 0 aromatic carbocycles. The number of nitrogens with two attached hydrogens (primary N) is 1. The van der Waals surface area contributed by atoms with E-state index in [9.17, 15) is 4.79 Å². The second kappa shape index (κ2) is 8.46. The molecule has 0 unspecified atom stereocenters. The Morgan fingerprint density at radius 3 is 2.35 bits per heavy atom. The number of hydrogen-bond acceptors (Lipinski definition) is 5. The highest BCUT2D eigenvalue weighted by molar-refractivity contribution is 6.40. The minimum absolute atomic E-state index is 0.244. The van der Waals surface area contributed by atoms with Gasteiger partial charge in [-0.3, -0.25) is 4.79 Å². The van der Waals surface area contributed by atoms with Crippen LogP contribution in [-0.2, 0) is 9.53 Å². The average Bonchev–Trinajstić information content (AvgIpc) is 2.24. The van der Waals surface area contributed by atoms with Crippen LogP contribution in [0.2, 0.25) is 6.32 Å². The number of carboxylic acids is 1. The van der Waals surface area contributed by atoms with Gasteiger partial charge in [0.05, 0.1) is 0 Å². The Labute approximate surface area is 102 Å². The summed E-state index contributed by atoms with van der Waals surface area (Å²) < 4.78 is 4.86. The average molecular weight is 247 g/mol. The minimum Gasteiger partial charge on any atom is -0.480 e. The molecule has 17 heavy (non-hydrogen) atoms. The molecule has 0 aliphatic carbocycles. The summed E-state index contributed by atoms with van der Waals surface area (Å²) >= 11 is 0. The second-order valence-corrected chi connectivity index (χ2v) is 4.28. The van der Waals surface area contributed by atoms with E-state index in [1.54, 1.807) is 7.11 Å². The molecule has 7 heteroatoms. The van der Waals surface area contributed by atoms with Crippen LogP contribution in [-0.4, -0.2) is 47.5 Å². The van der Waals surface area contributed by atoms with E-state index in [1.807, 2.05) is 0 Å². The Kier molecular flexibility index (Phi) is 8.15. The summed E-state index contributed by atoms with van der Waals surface area (Å²) in [6.45, 7) is 0.488. The normalized spacial score (nSPS) is 14.4. The fourth-order valence-electron chi connectivity index (χ4n) is 1.64. The van der Waals surface area contributed by atoms with Crippen molar-refractivity contribution < 1.29 is 24.7 Å². The Morgan fingerprint density at radius 1 is 1.29 bits per heavy atom. The molecule has 0 aromatic heterocycles. The molecule has 0 spiro atoms. The molecule has 5 N–H and O–H groups in total. The number of ether oxygens (including phenoxy) is 1. The van der Waals surface area contributed by atoms with E-state index in [0.717, 1.165) is 0 Å². The molecule has 0 radical (unpaired) electrons. The first-order valence-corrected chi connectivity index (χ1v) is 5.80. The van der Waals surface area contributed by atoms with Gasteiger partial charge < -0.3 is 25.6 Å². The summed E-state index contributed by atoms with van der Waals surface area (Å²) in [6.07, 6.45) is 2.65. The number of rotatable bonds is 10. The summed E-state index contributed by atoms with van der Waals surface area (Å²) in [5, 5.41) is 26.4. The van der Waals surface area contributed by atoms with Gasteiger partial charge in [-0.1, -0.05) is 12.8 Å². The van der Waals surface area contributed by atoms with Crippen molar-refractivity contribution in [3.05, 3.63) is 0 Å². The summed E-state index contributed by atoms with van der Waals surface area (Å²) in [7, 11) is 0.224. The Bertz CT molecular complexity index is 227. The van der Waals surface area contributed by atoms with Gasteiger partial charge in [0.25, 0.3) is 0 Å². The summed E-state index contributed by atoms with van der Waals surface area (Å²) in [6, 6.07) is 0. The molecule has 0 aromatic rings. The molecule has 0 saturated carbocycles. The van der Waals surface area contributed by atoms with Crippen molar-refractivity contribution in [2.45, 2.75) is 44.0 Å². The summed E-state index contributed by atoms with van der Waals surface area (Å²) in [4.78, 5) is 11.1. The third kappa shape index (κ3) is 7.33. The van der Waals surface area contributed by atoms with Crippen molar-refractivity contribution >= 4 is 13.1 Å². The number of aliphatic carboxylic acids is 1. The molecule has 0 amide bonds. The quantitative estimate of drug-likeness (QED) is 0.315. The van der Waals surface area contributed by atoms with Crippen LogP contribution in [0.25, 0.3) is 0 Å². The van der Waals surface area contributed by atoms with E-state index >= 15 is 0 Å². The lowest BCUT2D eigenvalue weighted by Crippen LogP contribution is -2.48. The molecule has 0 rings (SSSR count). The van der Waals surface area contributed by atoms with Crippen molar-refractivity contribution in [1.82, 2.24) is 0 Å². The predicted molar refractivity (Wildman–Crippen MR) is 64.5 cm³/mol. The zero-order valence-electron chi connectivity index (χ0n) is 10.3. The van der Waals surface area contributed by atoms with Crippen LogP contribution in [0, 0.1) is 0 Å². The molecule has 0 heterocycles. The summed E-state index contributed by atoms with van der Waals surface area (Å²) in [5.74, 6) is -1.02. The first-order valence-electron chi connectivity index (χ1n) is 5.80. The fraction of sp³-hybridized carbons (Fsp3) is 0.900. The molecular weight excluding hydrogens is 225 g/mol. The van der Waals surface area contributed by atoms with Crippen molar-refractivity contribution in [3.63, 3.8) is 0 Å². The maximum absolute atomic E-state index is 11.1. The van der Waals surface area contributed by atoms with Crippen LogP contribution >= 0.6 is 0 Å². The molecular formula is C10H22BNO5. The molecule has 0 fully saturated rings. The van der Waals surface area contributed by atoms with Crippen LogP contribution in [0.3, 0.4) is 0 Å². The van der Waals surface area contributed by atoms with Crippen LogP contribution < -0.4 is 5.73 Å². The second-order valence-electron chi connectivity index (χ2n) is 4.28. The number of hydrogen-bond donors (Lipinski definition) is 4. The zero-order chi connectivity index (χ0) is 13.3. The SMILES string of the molecule is COCCC[C@](N)(CCCCB(O)O)C(=O)O. The maximum Gasteiger partial charge on any atom is 0.451 e. The minimum atomic E-state index is -1.33. The van der Waals surface area contributed by atoms with Gasteiger partial charge in [-0.15, -0.1) is 0 Å². The predicted octanol–water partition coefficient (Wildman–Crippen LogP) is -0.162. The number of methoxy groups -OCH3 is 1. The highest BCUT2D eigenvalue weighted by Gasteiger charge is 2.32. The van der Waals surface area contributed by atoms with Gasteiger partial charge in [0.2, 0.25) is 0 Å². The number of unbranched alkanes of at least 4 members (excludes halogenated alkanes) is 1. The van der Waals surface area contributed by atoms with Gasteiger partial charge in [-0.2, -0.15) is 0 Å².